The molecule has 2 rings (SSSR count). The van der Waals surface area contributed by atoms with E-state index in [2.05, 4.69) is 4.72 Å². The van der Waals surface area contributed by atoms with Crippen molar-refractivity contribution >= 4 is 33.4 Å². The molecule has 1 heterocycles. The number of sulfonamides is 1. The monoisotopic (exact) mass is 320 g/mol. The molecule has 0 bridgehead atoms. The van der Waals surface area contributed by atoms with Gasteiger partial charge in [0, 0.05) is 23.4 Å². The van der Waals surface area contributed by atoms with Gasteiger partial charge < -0.3 is 5.73 Å². The number of nitrogens with two attached hydrogens (primary N) is 1. The largest absolute Gasteiger partial charge is 0.326 e. The minimum Gasteiger partial charge on any atom is -0.326 e. The molecule has 1 aliphatic rings. The Bertz CT molecular complexity index is 543. The van der Waals surface area contributed by atoms with Crippen LogP contribution in [0.5, 0.6) is 0 Å². The van der Waals surface area contributed by atoms with Crippen LogP contribution >= 0.6 is 23.4 Å². The summed E-state index contributed by atoms with van der Waals surface area (Å²) in [5.74, 6) is 1.11. The maximum absolute atomic E-state index is 12.1. The molecule has 106 valence electrons. The second-order valence-electron chi connectivity index (χ2n) is 4.44. The molecule has 0 saturated carbocycles. The molecule has 1 aromatic carbocycles. The number of hydrogen-bond acceptors (Lipinski definition) is 4. The lowest BCUT2D eigenvalue weighted by Gasteiger charge is -2.11. The van der Waals surface area contributed by atoms with Gasteiger partial charge in [0.1, 0.15) is 0 Å². The van der Waals surface area contributed by atoms with Gasteiger partial charge in [-0.1, -0.05) is 17.7 Å². The van der Waals surface area contributed by atoms with Gasteiger partial charge in [-0.3, -0.25) is 0 Å². The number of benzene rings is 1. The molecular formula is C12H17ClN2O2S2. The first-order valence-corrected chi connectivity index (χ1v) is 9.03. The third-order valence-corrected chi connectivity index (χ3v) is 6.25. The van der Waals surface area contributed by atoms with E-state index in [1.165, 1.54) is 12.1 Å². The maximum Gasteiger partial charge on any atom is 0.240 e. The number of halogens is 1. The Hall–Kier alpha value is -0.270. The minimum atomic E-state index is -3.48. The molecule has 1 atom stereocenters. The molecule has 1 unspecified atom stereocenters. The Morgan fingerprint density at radius 2 is 2.26 bits per heavy atom. The highest BCUT2D eigenvalue weighted by molar-refractivity contribution is 8.00. The van der Waals surface area contributed by atoms with Crippen molar-refractivity contribution in [2.45, 2.75) is 29.5 Å². The summed E-state index contributed by atoms with van der Waals surface area (Å²) < 4.78 is 26.9. The number of rotatable bonds is 5. The Kier molecular flexibility index (Phi) is 5.14. The van der Waals surface area contributed by atoms with E-state index in [1.807, 2.05) is 11.8 Å². The van der Waals surface area contributed by atoms with Crippen LogP contribution in [0.2, 0.25) is 5.02 Å². The van der Waals surface area contributed by atoms with Crippen LogP contribution < -0.4 is 10.5 Å². The molecule has 0 amide bonds. The van der Waals surface area contributed by atoms with E-state index in [0.29, 0.717) is 23.4 Å². The average Bonchev–Trinajstić information content (AvgIpc) is 2.89. The second-order valence-corrected chi connectivity index (χ2v) is 8.03. The SMILES string of the molecule is NCc1ccc(S(=O)(=O)NCC2CCCS2)cc1Cl. The third-order valence-electron chi connectivity index (χ3n) is 3.08. The van der Waals surface area contributed by atoms with Crippen LogP contribution in [0.25, 0.3) is 0 Å². The molecule has 3 N–H and O–H groups in total. The van der Waals surface area contributed by atoms with Gasteiger partial charge in [-0.2, -0.15) is 11.8 Å². The van der Waals surface area contributed by atoms with Gasteiger partial charge in [0.2, 0.25) is 10.0 Å². The van der Waals surface area contributed by atoms with E-state index < -0.39 is 10.0 Å². The Balaban J connectivity index is 2.08. The van der Waals surface area contributed by atoms with Crippen molar-refractivity contribution in [3.8, 4) is 0 Å². The number of thioether (sulfide) groups is 1. The summed E-state index contributed by atoms with van der Waals surface area (Å²) in [6.45, 7) is 0.772. The normalized spacial score (nSPS) is 19.8. The smallest absolute Gasteiger partial charge is 0.240 e. The van der Waals surface area contributed by atoms with Crippen LogP contribution in [-0.4, -0.2) is 26.0 Å². The molecule has 0 aromatic heterocycles. The van der Waals surface area contributed by atoms with Gasteiger partial charge in [0.25, 0.3) is 0 Å². The Morgan fingerprint density at radius 3 is 2.84 bits per heavy atom. The van der Waals surface area contributed by atoms with E-state index in [1.54, 1.807) is 6.07 Å². The van der Waals surface area contributed by atoms with Crippen LogP contribution in [-0.2, 0) is 16.6 Å². The fraction of sp³-hybridized carbons (Fsp3) is 0.500. The van der Waals surface area contributed by atoms with E-state index in [0.717, 1.165) is 24.2 Å². The van der Waals surface area contributed by atoms with Crippen molar-refractivity contribution in [3.63, 3.8) is 0 Å². The molecule has 1 aromatic rings. The summed E-state index contributed by atoms with van der Waals surface area (Å²) in [7, 11) is -3.48. The van der Waals surface area contributed by atoms with Crippen molar-refractivity contribution in [1.29, 1.82) is 0 Å². The summed E-state index contributed by atoms with van der Waals surface area (Å²) in [6.07, 6.45) is 2.23. The molecule has 0 aliphatic carbocycles. The molecular weight excluding hydrogens is 304 g/mol. The molecule has 0 radical (unpaired) electrons. The van der Waals surface area contributed by atoms with Crippen molar-refractivity contribution in [2.24, 2.45) is 5.73 Å². The van der Waals surface area contributed by atoms with Gasteiger partial charge in [0.15, 0.2) is 0 Å². The third kappa shape index (κ3) is 3.86. The summed E-state index contributed by atoms with van der Waals surface area (Å²) in [6, 6.07) is 4.65. The lowest BCUT2D eigenvalue weighted by Crippen LogP contribution is -2.29. The summed E-state index contributed by atoms with van der Waals surface area (Å²) >= 11 is 7.80. The van der Waals surface area contributed by atoms with E-state index in [4.69, 9.17) is 17.3 Å². The topological polar surface area (TPSA) is 72.2 Å². The predicted molar refractivity (Wildman–Crippen MR) is 80.0 cm³/mol. The quantitative estimate of drug-likeness (QED) is 0.870. The van der Waals surface area contributed by atoms with Crippen molar-refractivity contribution in [1.82, 2.24) is 4.72 Å². The lowest BCUT2D eigenvalue weighted by atomic mass is 10.2. The molecule has 4 nitrogen and oxygen atoms in total. The predicted octanol–water partition coefficient (Wildman–Crippen LogP) is 1.97. The zero-order valence-electron chi connectivity index (χ0n) is 10.4. The van der Waals surface area contributed by atoms with Gasteiger partial charge in [-0.15, -0.1) is 0 Å². The first-order valence-electron chi connectivity index (χ1n) is 6.12. The van der Waals surface area contributed by atoms with Crippen molar-refractivity contribution in [3.05, 3.63) is 28.8 Å². The highest BCUT2D eigenvalue weighted by atomic mass is 35.5. The minimum absolute atomic E-state index is 0.192. The first kappa shape index (κ1) is 15.1. The van der Waals surface area contributed by atoms with Gasteiger partial charge in [0.05, 0.1) is 4.90 Å². The summed E-state index contributed by atoms with van der Waals surface area (Å²) in [5, 5.41) is 0.772. The van der Waals surface area contributed by atoms with Crippen LogP contribution in [0.15, 0.2) is 23.1 Å². The van der Waals surface area contributed by atoms with Crippen molar-refractivity contribution < 1.29 is 8.42 Å². The lowest BCUT2D eigenvalue weighted by molar-refractivity contribution is 0.579. The van der Waals surface area contributed by atoms with Crippen molar-refractivity contribution in [2.75, 3.05) is 12.3 Å². The second kappa shape index (κ2) is 6.45. The Morgan fingerprint density at radius 1 is 1.47 bits per heavy atom. The maximum atomic E-state index is 12.1. The van der Waals surface area contributed by atoms with Gasteiger partial charge in [-0.05, 0) is 36.3 Å². The highest BCUT2D eigenvalue weighted by Gasteiger charge is 2.20. The van der Waals surface area contributed by atoms with E-state index in [-0.39, 0.29) is 4.90 Å². The number of hydrogen-bond donors (Lipinski definition) is 2. The highest BCUT2D eigenvalue weighted by Crippen LogP contribution is 2.26. The van der Waals surface area contributed by atoms with E-state index in [9.17, 15) is 8.42 Å². The molecule has 1 saturated heterocycles. The molecule has 1 fully saturated rings. The Labute approximate surface area is 123 Å². The van der Waals surface area contributed by atoms with Gasteiger partial charge >= 0.3 is 0 Å². The van der Waals surface area contributed by atoms with Crippen LogP contribution in [0, 0.1) is 0 Å². The first-order chi connectivity index (χ1) is 9.03. The zero-order chi connectivity index (χ0) is 13.9. The molecule has 7 heteroatoms. The van der Waals surface area contributed by atoms with Crippen LogP contribution in [0.3, 0.4) is 0 Å². The fourth-order valence-corrected chi connectivity index (χ4v) is 4.69. The summed E-state index contributed by atoms with van der Waals surface area (Å²) in [5.41, 5.74) is 6.24. The standard InChI is InChI=1S/C12H17ClN2O2S2/c13-12-6-11(4-3-9(12)7-14)19(16,17)15-8-10-2-1-5-18-10/h3-4,6,10,15H,1-2,5,7-8,14H2. The fourth-order valence-electron chi connectivity index (χ4n) is 1.95. The van der Waals surface area contributed by atoms with E-state index >= 15 is 0 Å². The average molecular weight is 321 g/mol. The zero-order valence-corrected chi connectivity index (χ0v) is 12.8. The summed E-state index contributed by atoms with van der Waals surface area (Å²) in [4.78, 5) is 0.192. The number of nitrogens with one attached hydrogen (secondary N) is 1. The van der Waals surface area contributed by atoms with Crippen LogP contribution in [0.4, 0.5) is 0 Å². The molecule has 0 spiro atoms. The molecule has 19 heavy (non-hydrogen) atoms. The van der Waals surface area contributed by atoms with Gasteiger partial charge in [-0.25, -0.2) is 13.1 Å². The molecule has 1 aliphatic heterocycles. The van der Waals surface area contributed by atoms with Crippen LogP contribution in [0.1, 0.15) is 18.4 Å².